The van der Waals surface area contributed by atoms with Crippen molar-refractivity contribution in [1.29, 1.82) is 0 Å². The lowest BCUT2D eigenvalue weighted by Crippen LogP contribution is -2.37. The highest BCUT2D eigenvalue weighted by Gasteiger charge is 2.34. The number of nitrogens with one attached hydrogen (secondary N) is 2. The molecule has 0 fully saturated rings. The number of halogens is 3. The van der Waals surface area contributed by atoms with E-state index < -0.39 is 17.3 Å². The van der Waals surface area contributed by atoms with Crippen LogP contribution in [-0.4, -0.2) is 35.3 Å². The smallest absolute Gasteiger partial charge is 0.416 e. The van der Waals surface area contributed by atoms with Crippen molar-refractivity contribution in [3.05, 3.63) is 41.0 Å². The van der Waals surface area contributed by atoms with Crippen LogP contribution in [0, 0.1) is 6.92 Å². The second-order valence-electron chi connectivity index (χ2n) is 7.72. The van der Waals surface area contributed by atoms with Crippen LogP contribution in [0.4, 0.5) is 13.2 Å². The summed E-state index contributed by atoms with van der Waals surface area (Å²) < 4.78 is 51.2. The Morgan fingerprint density at radius 1 is 1.20 bits per heavy atom. The molecule has 0 amide bonds. The number of aryl methyl sites for hydroxylation is 2. The maximum absolute atomic E-state index is 13.5. The molecule has 0 atom stereocenters. The van der Waals surface area contributed by atoms with Crippen LogP contribution in [0.1, 0.15) is 50.0 Å². The lowest BCUT2D eigenvalue weighted by atomic mass is 10.1. The molecule has 0 radical (unpaired) electrons. The molecule has 0 spiro atoms. The normalized spacial score (nSPS) is 12.7. The summed E-state index contributed by atoms with van der Waals surface area (Å²) in [4.78, 5) is 8.16. The van der Waals surface area contributed by atoms with Crippen molar-refractivity contribution in [1.82, 2.24) is 20.8 Å². The van der Waals surface area contributed by atoms with Gasteiger partial charge in [0.05, 0.1) is 5.56 Å². The molecular formula is C20H28F3N5O2. The highest BCUT2D eigenvalue weighted by atomic mass is 19.4. The molecule has 0 aliphatic carbocycles. The summed E-state index contributed by atoms with van der Waals surface area (Å²) >= 11 is 0. The number of guanidine groups is 1. The minimum absolute atomic E-state index is 0.0346. The predicted octanol–water partition coefficient (Wildman–Crippen LogP) is 3.87. The second kappa shape index (κ2) is 9.82. The number of nitrogens with zero attached hydrogens (tertiary/aromatic N) is 3. The van der Waals surface area contributed by atoms with Crippen LogP contribution in [-0.2, 0) is 19.1 Å². The summed E-state index contributed by atoms with van der Waals surface area (Å²) in [5, 5.41) is 9.70. The van der Waals surface area contributed by atoms with Crippen LogP contribution in [0.2, 0.25) is 0 Å². The van der Waals surface area contributed by atoms with Gasteiger partial charge in [0.2, 0.25) is 5.89 Å². The second-order valence-corrected chi connectivity index (χ2v) is 7.72. The van der Waals surface area contributed by atoms with E-state index in [0.717, 1.165) is 6.07 Å². The number of rotatable bonds is 7. The average Bonchev–Trinajstić information content (AvgIpc) is 3.05. The third-order valence-corrected chi connectivity index (χ3v) is 3.91. The molecule has 2 N–H and O–H groups in total. The van der Waals surface area contributed by atoms with Gasteiger partial charge >= 0.3 is 6.18 Å². The molecule has 10 heteroatoms. The predicted molar refractivity (Wildman–Crippen MR) is 107 cm³/mol. The first kappa shape index (κ1) is 23.5. The van der Waals surface area contributed by atoms with Gasteiger partial charge in [-0.1, -0.05) is 11.2 Å². The zero-order valence-electron chi connectivity index (χ0n) is 17.9. The Hall–Kier alpha value is -2.78. The SMILES string of the molecule is CN=C(NCCCc1nc(C)no1)NCc1ccc(OC(C)(C)C)cc1C(F)(F)F. The number of aromatic nitrogens is 2. The molecule has 1 heterocycles. The van der Waals surface area contributed by atoms with Gasteiger partial charge in [-0.25, -0.2) is 0 Å². The van der Waals surface area contributed by atoms with E-state index in [2.05, 4.69) is 25.8 Å². The first-order valence-corrected chi connectivity index (χ1v) is 9.61. The minimum atomic E-state index is -4.49. The zero-order valence-corrected chi connectivity index (χ0v) is 17.9. The van der Waals surface area contributed by atoms with Gasteiger partial charge in [0, 0.05) is 26.6 Å². The van der Waals surface area contributed by atoms with Gasteiger partial charge < -0.3 is 19.9 Å². The quantitative estimate of drug-likeness (QED) is 0.396. The number of alkyl halides is 3. The third kappa shape index (κ3) is 7.57. The third-order valence-electron chi connectivity index (χ3n) is 3.91. The lowest BCUT2D eigenvalue weighted by molar-refractivity contribution is -0.138. The first-order valence-electron chi connectivity index (χ1n) is 9.61. The zero-order chi connectivity index (χ0) is 22.4. The van der Waals surface area contributed by atoms with Crippen molar-refractivity contribution in [2.24, 2.45) is 4.99 Å². The van der Waals surface area contributed by atoms with E-state index >= 15 is 0 Å². The van der Waals surface area contributed by atoms with Crippen molar-refractivity contribution in [2.75, 3.05) is 13.6 Å². The summed E-state index contributed by atoms with van der Waals surface area (Å²) in [6.07, 6.45) is -3.19. The molecule has 0 saturated heterocycles. The molecule has 1 aromatic heterocycles. The van der Waals surface area contributed by atoms with Crippen LogP contribution >= 0.6 is 0 Å². The number of aliphatic imine (C=N–C) groups is 1. The lowest BCUT2D eigenvalue weighted by Gasteiger charge is -2.23. The molecule has 30 heavy (non-hydrogen) atoms. The Bertz CT molecular complexity index is 857. The maximum Gasteiger partial charge on any atom is 0.416 e. The van der Waals surface area contributed by atoms with Gasteiger partial charge in [-0.05, 0) is 51.8 Å². The molecule has 1 aromatic carbocycles. The molecule has 0 aliphatic rings. The first-order chi connectivity index (χ1) is 14.0. The fourth-order valence-corrected chi connectivity index (χ4v) is 2.68. The Morgan fingerprint density at radius 2 is 1.93 bits per heavy atom. The molecular weight excluding hydrogens is 399 g/mol. The van der Waals surface area contributed by atoms with Gasteiger partial charge in [-0.2, -0.15) is 18.2 Å². The molecule has 0 unspecified atom stereocenters. The molecule has 0 bridgehead atoms. The number of hydrogen-bond donors (Lipinski definition) is 2. The molecule has 0 saturated carbocycles. The summed E-state index contributed by atoms with van der Waals surface area (Å²) in [5.41, 5.74) is -1.22. The Morgan fingerprint density at radius 3 is 2.50 bits per heavy atom. The van der Waals surface area contributed by atoms with E-state index in [1.807, 2.05) is 0 Å². The van der Waals surface area contributed by atoms with Gasteiger partial charge in [-0.15, -0.1) is 0 Å². The number of hydrogen-bond acceptors (Lipinski definition) is 5. The molecule has 2 rings (SSSR count). The van der Waals surface area contributed by atoms with Gasteiger partial charge in [0.15, 0.2) is 11.8 Å². The van der Waals surface area contributed by atoms with Gasteiger partial charge in [-0.3, -0.25) is 4.99 Å². The van der Waals surface area contributed by atoms with Crippen molar-refractivity contribution < 1.29 is 22.4 Å². The topological polar surface area (TPSA) is 84.6 Å². The van der Waals surface area contributed by atoms with Crippen LogP contribution in [0.25, 0.3) is 0 Å². The summed E-state index contributed by atoms with van der Waals surface area (Å²) in [6, 6.07) is 3.99. The van der Waals surface area contributed by atoms with Crippen LogP contribution in [0.15, 0.2) is 27.7 Å². The van der Waals surface area contributed by atoms with Gasteiger partial charge in [0.1, 0.15) is 11.4 Å². The fourth-order valence-electron chi connectivity index (χ4n) is 2.68. The van der Waals surface area contributed by atoms with E-state index in [0.29, 0.717) is 37.1 Å². The monoisotopic (exact) mass is 427 g/mol. The number of benzene rings is 1. The van der Waals surface area contributed by atoms with Crippen molar-refractivity contribution in [3.8, 4) is 5.75 Å². The van der Waals surface area contributed by atoms with Crippen molar-refractivity contribution in [3.63, 3.8) is 0 Å². The van der Waals surface area contributed by atoms with Crippen LogP contribution in [0.5, 0.6) is 5.75 Å². The highest BCUT2D eigenvalue weighted by Crippen LogP contribution is 2.35. The van der Waals surface area contributed by atoms with Crippen molar-refractivity contribution >= 4 is 5.96 Å². The Labute approximate surface area is 174 Å². The molecule has 0 aliphatic heterocycles. The average molecular weight is 427 g/mol. The van der Waals surface area contributed by atoms with E-state index in [1.165, 1.54) is 6.07 Å². The van der Waals surface area contributed by atoms with E-state index in [1.54, 1.807) is 40.8 Å². The summed E-state index contributed by atoms with van der Waals surface area (Å²) in [5.74, 6) is 1.71. The Balaban J connectivity index is 1.94. The Kier molecular flexibility index (Phi) is 7.69. The number of ether oxygens (including phenoxy) is 1. The summed E-state index contributed by atoms with van der Waals surface area (Å²) in [7, 11) is 1.56. The maximum atomic E-state index is 13.5. The summed E-state index contributed by atoms with van der Waals surface area (Å²) in [6.45, 7) is 7.60. The largest absolute Gasteiger partial charge is 0.488 e. The fraction of sp³-hybridized carbons (Fsp3) is 0.550. The highest BCUT2D eigenvalue weighted by molar-refractivity contribution is 5.79. The van der Waals surface area contributed by atoms with Crippen molar-refractivity contribution in [2.45, 2.75) is 58.9 Å². The van der Waals surface area contributed by atoms with E-state index in [9.17, 15) is 13.2 Å². The van der Waals surface area contributed by atoms with E-state index in [4.69, 9.17) is 9.26 Å². The van der Waals surface area contributed by atoms with Crippen LogP contribution < -0.4 is 15.4 Å². The molecule has 7 nitrogen and oxygen atoms in total. The minimum Gasteiger partial charge on any atom is -0.488 e. The van der Waals surface area contributed by atoms with Gasteiger partial charge in [0.25, 0.3) is 0 Å². The molecule has 2 aromatic rings. The van der Waals surface area contributed by atoms with E-state index in [-0.39, 0.29) is 17.9 Å². The van der Waals surface area contributed by atoms with Crippen LogP contribution in [0.3, 0.4) is 0 Å². The molecule has 166 valence electrons. The standard InChI is InChI=1S/C20H28F3N5O2/c1-13-27-17(30-28-13)7-6-10-25-18(24-5)26-12-14-8-9-15(29-19(2,3)4)11-16(14)20(21,22)23/h8-9,11H,6-7,10,12H2,1-5H3,(H2,24,25,26).